The molecule has 1 saturated carbocycles. The van der Waals surface area contributed by atoms with Crippen molar-refractivity contribution in [3.05, 3.63) is 71.3 Å². The Morgan fingerprint density at radius 2 is 1.81 bits per heavy atom. The molecular weight excluding hydrogens is 338 g/mol. The van der Waals surface area contributed by atoms with Gasteiger partial charge in [-0.25, -0.2) is 0 Å². The molecule has 0 radical (unpaired) electrons. The smallest absolute Gasteiger partial charge is 0.227 e. The zero-order valence-corrected chi connectivity index (χ0v) is 15.7. The summed E-state index contributed by atoms with van der Waals surface area (Å²) in [7, 11) is 0. The van der Waals surface area contributed by atoms with E-state index in [0.717, 1.165) is 36.0 Å². The molecule has 2 aromatic carbocycles. The molecule has 2 N–H and O–H groups in total. The van der Waals surface area contributed by atoms with Crippen LogP contribution in [0.15, 0.2) is 54.6 Å². The second-order valence-corrected chi connectivity index (χ2v) is 7.38. The minimum absolute atomic E-state index is 0.114. The largest absolute Gasteiger partial charge is 0.394 e. The zero-order chi connectivity index (χ0) is 19.2. The predicted octanol–water partition coefficient (Wildman–Crippen LogP) is 3.55. The summed E-state index contributed by atoms with van der Waals surface area (Å²) >= 11 is 0. The van der Waals surface area contributed by atoms with E-state index < -0.39 is 6.04 Å². The van der Waals surface area contributed by atoms with Crippen LogP contribution in [-0.4, -0.2) is 23.4 Å². The number of nitrogens with one attached hydrogen (secondary N) is 1. The van der Waals surface area contributed by atoms with Crippen molar-refractivity contribution < 1.29 is 14.7 Å². The van der Waals surface area contributed by atoms with Gasteiger partial charge in [-0.3, -0.25) is 9.59 Å². The first-order valence-electron chi connectivity index (χ1n) is 9.66. The third-order valence-electron chi connectivity index (χ3n) is 5.49. The number of hydrogen-bond donors (Lipinski definition) is 2. The van der Waals surface area contributed by atoms with E-state index in [9.17, 15) is 14.7 Å². The number of amides is 1. The van der Waals surface area contributed by atoms with Gasteiger partial charge in [0.2, 0.25) is 5.91 Å². The maximum atomic E-state index is 12.6. The summed E-state index contributed by atoms with van der Waals surface area (Å²) in [5.74, 6) is 0.108. The molecule has 1 fully saturated rings. The minimum Gasteiger partial charge on any atom is -0.394 e. The Bertz CT molecular complexity index is 770. The molecule has 4 nitrogen and oxygen atoms in total. The average molecular weight is 365 g/mol. The molecule has 0 spiro atoms. The Morgan fingerprint density at radius 1 is 1.11 bits per heavy atom. The number of Topliss-reactive ketones (excluding diaryl/α,β-unsaturated/α-hetero) is 1. The van der Waals surface area contributed by atoms with Gasteiger partial charge in [-0.15, -0.1) is 0 Å². The van der Waals surface area contributed by atoms with Gasteiger partial charge in [0, 0.05) is 12.3 Å². The van der Waals surface area contributed by atoms with Gasteiger partial charge in [0.15, 0.2) is 0 Å². The molecule has 0 unspecified atom stereocenters. The van der Waals surface area contributed by atoms with Gasteiger partial charge in [0.05, 0.1) is 18.6 Å². The summed E-state index contributed by atoms with van der Waals surface area (Å²) < 4.78 is 0. The Labute approximate surface area is 160 Å². The van der Waals surface area contributed by atoms with Gasteiger partial charge in [0.25, 0.3) is 0 Å². The van der Waals surface area contributed by atoms with E-state index >= 15 is 0 Å². The second-order valence-electron chi connectivity index (χ2n) is 7.38. The van der Waals surface area contributed by atoms with E-state index in [0.29, 0.717) is 12.2 Å². The fourth-order valence-electron chi connectivity index (χ4n) is 3.70. The highest BCUT2D eigenvalue weighted by Gasteiger charge is 2.24. The average Bonchev–Trinajstić information content (AvgIpc) is 3.11. The van der Waals surface area contributed by atoms with E-state index in [4.69, 9.17) is 0 Å². The van der Waals surface area contributed by atoms with Crippen LogP contribution in [0.3, 0.4) is 0 Å². The minimum atomic E-state index is -0.409. The van der Waals surface area contributed by atoms with Crippen molar-refractivity contribution in [1.82, 2.24) is 5.32 Å². The highest BCUT2D eigenvalue weighted by molar-refractivity contribution is 5.84. The van der Waals surface area contributed by atoms with Crippen LogP contribution in [0.4, 0.5) is 0 Å². The summed E-state index contributed by atoms with van der Waals surface area (Å²) in [6, 6.07) is 17.0. The molecule has 0 aromatic heterocycles. The van der Waals surface area contributed by atoms with E-state index in [1.807, 2.05) is 61.5 Å². The molecule has 0 heterocycles. The number of carbonyl (C=O) groups excluding carboxylic acids is 2. The van der Waals surface area contributed by atoms with E-state index in [2.05, 4.69) is 5.32 Å². The van der Waals surface area contributed by atoms with Crippen molar-refractivity contribution in [2.45, 2.75) is 44.6 Å². The maximum Gasteiger partial charge on any atom is 0.227 e. The van der Waals surface area contributed by atoms with E-state index in [1.165, 1.54) is 0 Å². The number of aliphatic hydroxyl groups is 1. The fraction of sp³-hybridized carbons (Fsp3) is 0.391. The summed E-state index contributed by atoms with van der Waals surface area (Å²) in [6.45, 7) is 1.72. The third-order valence-corrected chi connectivity index (χ3v) is 5.49. The number of benzene rings is 2. The standard InChI is InChI=1S/C23H27NO3/c1-16(23(27)24-21(15-25)19-6-3-2-4-7-19)18-12-10-17(11-13-18)14-20-8-5-9-22(20)26/h2-4,6-7,10-13,16,20-21,25H,5,8-9,14-15H2,1H3,(H,24,27)/t16-,20-,21+/m0/s1. The molecule has 142 valence electrons. The van der Waals surface area contributed by atoms with Crippen molar-refractivity contribution >= 4 is 11.7 Å². The van der Waals surface area contributed by atoms with Crippen LogP contribution in [-0.2, 0) is 16.0 Å². The number of hydrogen-bond acceptors (Lipinski definition) is 3. The van der Waals surface area contributed by atoms with E-state index in [-0.39, 0.29) is 24.3 Å². The van der Waals surface area contributed by atoms with Crippen LogP contribution in [0.2, 0.25) is 0 Å². The molecule has 3 atom stereocenters. The van der Waals surface area contributed by atoms with Crippen molar-refractivity contribution in [2.24, 2.45) is 5.92 Å². The van der Waals surface area contributed by atoms with Crippen molar-refractivity contribution in [3.63, 3.8) is 0 Å². The van der Waals surface area contributed by atoms with Gasteiger partial charge < -0.3 is 10.4 Å². The lowest BCUT2D eigenvalue weighted by Crippen LogP contribution is -2.33. The summed E-state index contributed by atoms with van der Waals surface area (Å²) in [5.41, 5.74) is 2.96. The molecule has 27 heavy (non-hydrogen) atoms. The molecular formula is C23H27NO3. The molecule has 1 aliphatic rings. The Kier molecular flexibility index (Phi) is 6.40. The number of aliphatic hydroxyl groups excluding tert-OH is 1. The van der Waals surface area contributed by atoms with Gasteiger partial charge in [0.1, 0.15) is 5.78 Å². The Hall–Kier alpha value is -2.46. The molecule has 1 aliphatic carbocycles. The van der Waals surface area contributed by atoms with Gasteiger partial charge in [-0.1, -0.05) is 54.6 Å². The lowest BCUT2D eigenvalue weighted by molar-refractivity contribution is -0.123. The number of carbonyl (C=O) groups is 2. The highest BCUT2D eigenvalue weighted by atomic mass is 16.3. The monoisotopic (exact) mass is 365 g/mol. The fourth-order valence-corrected chi connectivity index (χ4v) is 3.70. The topological polar surface area (TPSA) is 66.4 Å². The van der Waals surface area contributed by atoms with Gasteiger partial charge in [-0.2, -0.15) is 0 Å². The predicted molar refractivity (Wildman–Crippen MR) is 105 cm³/mol. The number of rotatable bonds is 7. The summed E-state index contributed by atoms with van der Waals surface area (Å²) in [5, 5.41) is 12.6. The lowest BCUT2D eigenvalue weighted by Gasteiger charge is -2.20. The summed E-state index contributed by atoms with van der Waals surface area (Å²) in [4.78, 5) is 24.4. The van der Waals surface area contributed by atoms with Crippen LogP contribution in [0, 0.1) is 5.92 Å². The Morgan fingerprint density at radius 3 is 2.41 bits per heavy atom. The second kappa shape index (κ2) is 8.96. The van der Waals surface area contributed by atoms with Gasteiger partial charge >= 0.3 is 0 Å². The van der Waals surface area contributed by atoms with Crippen molar-refractivity contribution in [3.8, 4) is 0 Å². The van der Waals surface area contributed by atoms with Crippen LogP contribution >= 0.6 is 0 Å². The van der Waals surface area contributed by atoms with Crippen LogP contribution in [0.1, 0.15) is 54.8 Å². The molecule has 0 bridgehead atoms. The first-order valence-corrected chi connectivity index (χ1v) is 9.66. The summed E-state index contributed by atoms with van der Waals surface area (Å²) in [6.07, 6.45) is 3.50. The lowest BCUT2D eigenvalue weighted by atomic mass is 9.93. The number of ketones is 1. The SMILES string of the molecule is C[C@H](C(=O)N[C@H](CO)c1ccccc1)c1ccc(C[C@@H]2CCCC2=O)cc1. The first-order chi connectivity index (χ1) is 13.1. The quantitative estimate of drug-likeness (QED) is 0.788. The van der Waals surface area contributed by atoms with Gasteiger partial charge in [-0.05, 0) is 42.9 Å². The van der Waals surface area contributed by atoms with Crippen molar-refractivity contribution in [2.75, 3.05) is 6.61 Å². The van der Waals surface area contributed by atoms with E-state index in [1.54, 1.807) is 0 Å². The molecule has 3 rings (SSSR count). The highest BCUT2D eigenvalue weighted by Crippen LogP contribution is 2.26. The van der Waals surface area contributed by atoms with Crippen LogP contribution in [0.25, 0.3) is 0 Å². The normalized spacial score (nSPS) is 18.9. The molecule has 0 aliphatic heterocycles. The zero-order valence-electron chi connectivity index (χ0n) is 15.7. The maximum absolute atomic E-state index is 12.6. The van der Waals surface area contributed by atoms with Crippen molar-refractivity contribution in [1.29, 1.82) is 0 Å². The van der Waals surface area contributed by atoms with Crippen LogP contribution < -0.4 is 5.32 Å². The Balaban J connectivity index is 1.61. The molecule has 0 saturated heterocycles. The molecule has 4 heteroatoms. The van der Waals surface area contributed by atoms with Crippen LogP contribution in [0.5, 0.6) is 0 Å². The first kappa shape index (κ1) is 19.3. The third kappa shape index (κ3) is 4.83. The molecule has 2 aromatic rings. The molecule has 1 amide bonds.